The van der Waals surface area contributed by atoms with Crippen LogP contribution in [-0.2, 0) is 0 Å². The lowest BCUT2D eigenvalue weighted by atomic mass is 10.2. The van der Waals surface area contributed by atoms with Crippen molar-refractivity contribution in [3.8, 4) is 0 Å². The third-order valence-corrected chi connectivity index (χ3v) is 2.96. The number of aromatic nitrogens is 1. The lowest BCUT2D eigenvalue weighted by Gasteiger charge is -2.02. The molecule has 0 saturated carbocycles. The number of ketones is 1. The van der Waals surface area contributed by atoms with E-state index in [-0.39, 0.29) is 5.78 Å². The molecular formula is C14H11BrN2O. The molecule has 1 aromatic carbocycles. The average molecular weight is 303 g/mol. The van der Waals surface area contributed by atoms with Crippen LogP contribution in [0, 0.1) is 0 Å². The van der Waals surface area contributed by atoms with E-state index in [0.29, 0.717) is 5.69 Å². The van der Waals surface area contributed by atoms with E-state index in [2.05, 4.69) is 26.2 Å². The molecule has 90 valence electrons. The van der Waals surface area contributed by atoms with E-state index < -0.39 is 0 Å². The second-order valence-electron chi connectivity index (χ2n) is 3.54. The number of halogens is 1. The molecule has 1 N–H and O–H groups in total. The molecule has 0 saturated heterocycles. The highest BCUT2D eigenvalue weighted by molar-refractivity contribution is 9.10. The summed E-state index contributed by atoms with van der Waals surface area (Å²) in [6.45, 7) is 0. The number of anilines is 1. The zero-order chi connectivity index (χ0) is 12.8. The van der Waals surface area contributed by atoms with Gasteiger partial charge >= 0.3 is 0 Å². The van der Waals surface area contributed by atoms with Crippen molar-refractivity contribution in [2.75, 3.05) is 5.32 Å². The monoisotopic (exact) mass is 302 g/mol. The Morgan fingerprint density at radius 1 is 1.17 bits per heavy atom. The fourth-order valence-corrected chi connectivity index (χ4v) is 1.78. The number of carbonyl (C=O) groups excluding carboxylic acids is 1. The molecule has 0 aliphatic heterocycles. The maximum atomic E-state index is 11.7. The van der Waals surface area contributed by atoms with Gasteiger partial charge in [-0.1, -0.05) is 18.2 Å². The highest BCUT2D eigenvalue weighted by atomic mass is 79.9. The number of hydrogen-bond acceptors (Lipinski definition) is 3. The normalized spacial score (nSPS) is 10.5. The van der Waals surface area contributed by atoms with E-state index in [1.807, 2.05) is 24.3 Å². The van der Waals surface area contributed by atoms with Gasteiger partial charge in [-0.05, 0) is 40.2 Å². The fourth-order valence-electron chi connectivity index (χ4n) is 1.38. The maximum Gasteiger partial charge on any atom is 0.205 e. The molecule has 1 aromatic heterocycles. The van der Waals surface area contributed by atoms with Gasteiger partial charge in [0.05, 0.1) is 5.69 Å². The molecule has 3 nitrogen and oxygen atoms in total. The van der Waals surface area contributed by atoms with Gasteiger partial charge in [0.15, 0.2) is 0 Å². The number of rotatable bonds is 4. The van der Waals surface area contributed by atoms with Crippen LogP contribution in [0.2, 0.25) is 0 Å². The first-order valence-electron chi connectivity index (χ1n) is 5.40. The van der Waals surface area contributed by atoms with Gasteiger partial charge < -0.3 is 5.32 Å². The minimum absolute atomic E-state index is 0.129. The number of nitrogens with one attached hydrogen (secondary N) is 1. The predicted octanol–water partition coefficient (Wildman–Crippen LogP) is 3.65. The second-order valence-corrected chi connectivity index (χ2v) is 4.39. The standard InChI is InChI=1S/C14H11BrN2O/c15-11-5-1-2-6-12(11)17-10-8-14(18)13-7-3-4-9-16-13/h1-10,17H/b10-8-. The number of benzene rings is 1. The summed E-state index contributed by atoms with van der Waals surface area (Å²) < 4.78 is 0.944. The van der Waals surface area contributed by atoms with Crippen molar-refractivity contribution in [3.05, 3.63) is 71.1 Å². The Kier molecular flexibility index (Phi) is 4.25. The zero-order valence-electron chi connectivity index (χ0n) is 9.51. The Balaban J connectivity index is 2.01. The minimum atomic E-state index is -0.129. The summed E-state index contributed by atoms with van der Waals surface area (Å²) >= 11 is 3.41. The molecule has 0 unspecified atom stereocenters. The van der Waals surface area contributed by atoms with E-state index in [1.54, 1.807) is 30.6 Å². The van der Waals surface area contributed by atoms with Crippen molar-refractivity contribution in [1.82, 2.24) is 4.98 Å². The Morgan fingerprint density at radius 3 is 2.67 bits per heavy atom. The van der Waals surface area contributed by atoms with Crippen molar-refractivity contribution < 1.29 is 4.79 Å². The number of nitrogens with zero attached hydrogens (tertiary/aromatic N) is 1. The summed E-state index contributed by atoms with van der Waals surface area (Å²) in [6, 6.07) is 12.9. The van der Waals surface area contributed by atoms with Crippen LogP contribution in [-0.4, -0.2) is 10.8 Å². The van der Waals surface area contributed by atoms with Crippen LogP contribution in [0.5, 0.6) is 0 Å². The number of allylic oxidation sites excluding steroid dienone is 1. The molecule has 4 heteroatoms. The van der Waals surface area contributed by atoms with Crippen LogP contribution in [0.3, 0.4) is 0 Å². The lowest BCUT2D eigenvalue weighted by Crippen LogP contribution is -1.98. The molecule has 0 aliphatic carbocycles. The van der Waals surface area contributed by atoms with Crippen molar-refractivity contribution in [2.45, 2.75) is 0 Å². The summed E-state index contributed by atoms with van der Waals surface area (Å²) in [4.78, 5) is 15.7. The molecule has 2 aromatic rings. The molecule has 0 spiro atoms. The van der Waals surface area contributed by atoms with Gasteiger partial charge in [-0.3, -0.25) is 9.78 Å². The van der Waals surface area contributed by atoms with Gasteiger partial charge in [-0.25, -0.2) is 0 Å². The third-order valence-electron chi connectivity index (χ3n) is 2.26. The van der Waals surface area contributed by atoms with E-state index >= 15 is 0 Å². The highest BCUT2D eigenvalue weighted by Gasteiger charge is 2.01. The highest BCUT2D eigenvalue weighted by Crippen LogP contribution is 2.20. The molecule has 0 bridgehead atoms. The SMILES string of the molecule is O=C(/C=C\Nc1ccccc1Br)c1ccccn1. The topological polar surface area (TPSA) is 42.0 Å². The Bertz CT molecular complexity index is 567. The summed E-state index contributed by atoms with van der Waals surface area (Å²) in [5.74, 6) is -0.129. The summed E-state index contributed by atoms with van der Waals surface area (Å²) in [6.07, 6.45) is 4.67. The Labute approximate surface area is 114 Å². The Morgan fingerprint density at radius 2 is 1.94 bits per heavy atom. The van der Waals surface area contributed by atoms with Crippen LogP contribution in [0.15, 0.2) is 65.4 Å². The van der Waals surface area contributed by atoms with E-state index in [0.717, 1.165) is 10.2 Å². The molecule has 0 aliphatic rings. The van der Waals surface area contributed by atoms with Gasteiger partial charge in [0, 0.05) is 22.9 Å². The quantitative estimate of drug-likeness (QED) is 0.692. The first-order chi connectivity index (χ1) is 8.77. The van der Waals surface area contributed by atoms with Crippen molar-refractivity contribution in [1.29, 1.82) is 0 Å². The van der Waals surface area contributed by atoms with E-state index in [1.165, 1.54) is 6.08 Å². The summed E-state index contributed by atoms with van der Waals surface area (Å²) in [5, 5.41) is 3.04. The van der Waals surface area contributed by atoms with Gasteiger partial charge in [0.25, 0.3) is 0 Å². The molecule has 1 heterocycles. The van der Waals surface area contributed by atoms with Crippen LogP contribution in [0.1, 0.15) is 10.5 Å². The van der Waals surface area contributed by atoms with Gasteiger partial charge in [0.1, 0.15) is 5.69 Å². The Hall–Kier alpha value is -1.94. The number of para-hydroxylation sites is 1. The first kappa shape index (κ1) is 12.5. The smallest absolute Gasteiger partial charge is 0.205 e. The van der Waals surface area contributed by atoms with Crippen molar-refractivity contribution in [2.24, 2.45) is 0 Å². The van der Waals surface area contributed by atoms with Crippen LogP contribution in [0.4, 0.5) is 5.69 Å². The molecule has 0 atom stereocenters. The third kappa shape index (κ3) is 3.28. The zero-order valence-corrected chi connectivity index (χ0v) is 11.1. The number of pyridine rings is 1. The van der Waals surface area contributed by atoms with Gasteiger partial charge in [-0.2, -0.15) is 0 Å². The molecule has 0 fully saturated rings. The molecular weight excluding hydrogens is 292 g/mol. The molecule has 0 radical (unpaired) electrons. The van der Waals surface area contributed by atoms with Gasteiger partial charge in [0.2, 0.25) is 5.78 Å². The number of carbonyl (C=O) groups is 1. The fraction of sp³-hybridized carbons (Fsp3) is 0. The average Bonchev–Trinajstić information content (AvgIpc) is 2.42. The molecule has 2 rings (SSSR count). The second kappa shape index (κ2) is 6.12. The summed E-state index contributed by atoms with van der Waals surface area (Å²) in [7, 11) is 0. The maximum absolute atomic E-state index is 11.7. The molecule has 18 heavy (non-hydrogen) atoms. The largest absolute Gasteiger partial charge is 0.361 e. The van der Waals surface area contributed by atoms with Crippen LogP contribution in [0.25, 0.3) is 0 Å². The van der Waals surface area contributed by atoms with Crippen LogP contribution < -0.4 is 5.32 Å². The van der Waals surface area contributed by atoms with Crippen molar-refractivity contribution in [3.63, 3.8) is 0 Å². The van der Waals surface area contributed by atoms with Crippen LogP contribution >= 0.6 is 15.9 Å². The molecule has 0 amide bonds. The lowest BCUT2D eigenvalue weighted by molar-refractivity contribution is 0.104. The van der Waals surface area contributed by atoms with E-state index in [9.17, 15) is 4.79 Å². The van der Waals surface area contributed by atoms with E-state index in [4.69, 9.17) is 0 Å². The van der Waals surface area contributed by atoms with Gasteiger partial charge in [-0.15, -0.1) is 0 Å². The number of hydrogen-bond donors (Lipinski definition) is 1. The van der Waals surface area contributed by atoms with Crippen molar-refractivity contribution >= 4 is 27.4 Å². The summed E-state index contributed by atoms with van der Waals surface area (Å²) in [5.41, 5.74) is 1.34. The predicted molar refractivity (Wildman–Crippen MR) is 75.5 cm³/mol. The first-order valence-corrected chi connectivity index (χ1v) is 6.19. The minimum Gasteiger partial charge on any atom is -0.361 e.